The molecule has 0 aromatic heterocycles. The molecule has 4 rings (SSSR count). The van der Waals surface area contributed by atoms with Crippen LogP contribution in [0.1, 0.15) is 11.1 Å². The van der Waals surface area contributed by atoms with Crippen LogP contribution in [0.4, 0.5) is 22.7 Å². The lowest BCUT2D eigenvalue weighted by Crippen LogP contribution is -2.36. The van der Waals surface area contributed by atoms with Crippen LogP contribution in [0.3, 0.4) is 0 Å². The topological polar surface area (TPSA) is 79.6 Å². The second kappa shape index (κ2) is 10.5. The Balaban J connectivity index is 1.27. The van der Waals surface area contributed by atoms with Gasteiger partial charge in [-0.1, -0.05) is 36.4 Å². The minimum absolute atomic E-state index is 0.214. The van der Waals surface area contributed by atoms with Gasteiger partial charge in [0, 0.05) is 37.1 Å². The van der Waals surface area contributed by atoms with Crippen molar-refractivity contribution in [2.75, 3.05) is 47.6 Å². The number of anilines is 4. The van der Waals surface area contributed by atoms with E-state index in [1.54, 1.807) is 18.2 Å². The van der Waals surface area contributed by atoms with Gasteiger partial charge in [-0.2, -0.15) is 0 Å². The van der Waals surface area contributed by atoms with Crippen molar-refractivity contribution in [1.29, 1.82) is 0 Å². The number of nitrogen functional groups attached to an aromatic ring is 1. The van der Waals surface area contributed by atoms with Gasteiger partial charge < -0.3 is 26.0 Å². The largest absolute Gasteiger partial charge is 0.397 e. The summed E-state index contributed by atoms with van der Waals surface area (Å²) in [6.45, 7) is 4.19. The maximum absolute atomic E-state index is 12.1. The summed E-state index contributed by atoms with van der Waals surface area (Å²) in [4.78, 5) is 14.5. The highest BCUT2D eigenvalue weighted by molar-refractivity contribution is 6.03. The Morgan fingerprint density at radius 2 is 1.69 bits per heavy atom. The van der Waals surface area contributed by atoms with Crippen LogP contribution in [0.2, 0.25) is 0 Å². The molecular weight excluding hydrogens is 400 g/mol. The van der Waals surface area contributed by atoms with E-state index in [2.05, 4.69) is 51.9 Å². The highest BCUT2D eigenvalue weighted by Crippen LogP contribution is 2.20. The molecule has 6 nitrogen and oxygen atoms in total. The number of nitrogens with two attached hydrogens (primary N) is 1. The number of benzene rings is 3. The maximum atomic E-state index is 12.1. The first-order valence-electron chi connectivity index (χ1n) is 10.8. The zero-order valence-electron chi connectivity index (χ0n) is 18.0. The molecule has 1 aliphatic heterocycles. The van der Waals surface area contributed by atoms with Crippen LogP contribution in [-0.4, -0.2) is 32.2 Å². The second-order valence-electron chi connectivity index (χ2n) is 7.65. The van der Waals surface area contributed by atoms with Crippen LogP contribution >= 0.6 is 0 Å². The minimum atomic E-state index is -0.214. The molecule has 0 unspecified atom stereocenters. The van der Waals surface area contributed by atoms with E-state index in [4.69, 9.17) is 10.5 Å². The van der Waals surface area contributed by atoms with Crippen LogP contribution in [0, 0.1) is 0 Å². The van der Waals surface area contributed by atoms with Gasteiger partial charge in [-0.3, -0.25) is 4.79 Å². The number of hydrogen-bond donors (Lipinski definition) is 3. The molecule has 1 saturated heterocycles. The molecule has 164 valence electrons. The first kappa shape index (κ1) is 21.5. The molecule has 0 atom stereocenters. The van der Waals surface area contributed by atoms with E-state index in [-0.39, 0.29) is 5.91 Å². The molecular formula is C26H28N4O2. The molecule has 32 heavy (non-hydrogen) atoms. The molecule has 3 aromatic rings. The first-order valence-corrected chi connectivity index (χ1v) is 10.8. The van der Waals surface area contributed by atoms with Gasteiger partial charge in [0.1, 0.15) is 0 Å². The lowest BCUT2D eigenvalue weighted by Gasteiger charge is -2.28. The summed E-state index contributed by atoms with van der Waals surface area (Å²) >= 11 is 0. The molecule has 3 aromatic carbocycles. The molecule has 6 heteroatoms. The number of amides is 1. The second-order valence-corrected chi connectivity index (χ2v) is 7.65. The quantitative estimate of drug-likeness (QED) is 0.385. The molecule has 1 aliphatic rings. The molecule has 1 heterocycles. The number of para-hydroxylation sites is 2. The molecule has 4 N–H and O–H groups in total. The molecule has 1 fully saturated rings. The van der Waals surface area contributed by atoms with Crippen molar-refractivity contribution >= 4 is 34.7 Å². The van der Waals surface area contributed by atoms with Crippen LogP contribution in [0.5, 0.6) is 0 Å². The maximum Gasteiger partial charge on any atom is 0.248 e. The number of hydrogen-bond acceptors (Lipinski definition) is 5. The van der Waals surface area contributed by atoms with Crippen molar-refractivity contribution in [3.8, 4) is 0 Å². The van der Waals surface area contributed by atoms with E-state index in [1.807, 2.05) is 24.3 Å². The Morgan fingerprint density at radius 3 is 2.41 bits per heavy atom. The van der Waals surface area contributed by atoms with E-state index >= 15 is 0 Å². The zero-order chi connectivity index (χ0) is 22.2. The third-order valence-corrected chi connectivity index (χ3v) is 5.37. The monoisotopic (exact) mass is 428 g/mol. The van der Waals surface area contributed by atoms with Gasteiger partial charge in [0.15, 0.2) is 0 Å². The summed E-state index contributed by atoms with van der Waals surface area (Å²) in [5.41, 5.74) is 11.5. The van der Waals surface area contributed by atoms with Crippen molar-refractivity contribution in [1.82, 2.24) is 0 Å². The van der Waals surface area contributed by atoms with Crippen molar-refractivity contribution in [3.63, 3.8) is 0 Å². The van der Waals surface area contributed by atoms with Crippen LogP contribution in [-0.2, 0) is 16.1 Å². The predicted octanol–water partition coefficient (Wildman–Crippen LogP) is 4.37. The van der Waals surface area contributed by atoms with Crippen molar-refractivity contribution in [2.24, 2.45) is 0 Å². The van der Waals surface area contributed by atoms with E-state index < -0.39 is 0 Å². The van der Waals surface area contributed by atoms with E-state index in [0.717, 1.165) is 44.1 Å². The number of nitrogens with one attached hydrogen (secondary N) is 2. The SMILES string of the molecule is Nc1ccccc1NC(=O)C=Cc1ccc(CNc2ccc(N3CCOCC3)cc2)cc1. The Bertz CT molecular complexity index is 1060. The highest BCUT2D eigenvalue weighted by atomic mass is 16.5. The number of nitrogens with zero attached hydrogens (tertiary/aromatic N) is 1. The third kappa shape index (κ3) is 5.89. The fourth-order valence-electron chi connectivity index (χ4n) is 3.52. The van der Waals surface area contributed by atoms with Gasteiger partial charge in [0.25, 0.3) is 0 Å². The fourth-order valence-corrected chi connectivity index (χ4v) is 3.52. The van der Waals surface area contributed by atoms with Crippen molar-refractivity contribution < 1.29 is 9.53 Å². The molecule has 0 saturated carbocycles. The first-order chi connectivity index (χ1) is 15.7. The molecule has 0 bridgehead atoms. The lowest BCUT2D eigenvalue weighted by atomic mass is 10.1. The van der Waals surface area contributed by atoms with Crippen LogP contribution in [0.15, 0.2) is 78.9 Å². The average Bonchev–Trinajstić information content (AvgIpc) is 2.84. The summed E-state index contributed by atoms with van der Waals surface area (Å²) in [5.74, 6) is -0.214. The van der Waals surface area contributed by atoms with Gasteiger partial charge in [0.05, 0.1) is 24.6 Å². The van der Waals surface area contributed by atoms with Gasteiger partial charge in [-0.05, 0) is 53.6 Å². The zero-order valence-corrected chi connectivity index (χ0v) is 18.0. The van der Waals surface area contributed by atoms with Gasteiger partial charge >= 0.3 is 0 Å². The highest BCUT2D eigenvalue weighted by Gasteiger charge is 2.10. The third-order valence-electron chi connectivity index (χ3n) is 5.37. The summed E-state index contributed by atoms with van der Waals surface area (Å²) in [7, 11) is 0. The van der Waals surface area contributed by atoms with Crippen molar-refractivity contribution in [3.05, 3.63) is 90.0 Å². The molecule has 1 amide bonds. The molecule has 0 radical (unpaired) electrons. The Morgan fingerprint density at radius 1 is 0.969 bits per heavy atom. The smallest absolute Gasteiger partial charge is 0.248 e. The number of carbonyl (C=O) groups excluding carboxylic acids is 1. The minimum Gasteiger partial charge on any atom is -0.397 e. The normalized spacial score (nSPS) is 13.8. The van der Waals surface area contributed by atoms with Crippen LogP contribution in [0.25, 0.3) is 6.08 Å². The summed E-state index contributed by atoms with van der Waals surface area (Å²) in [6.07, 6.45) is 3.30. The number of carbonyl (C=O) groups is 1. The van der Waals surface area contributed by atoms with Gasteiger partial charge in [0.2, 0.25) is 5.91 Å². The average molecular weight is 429 g/mol. The van der Waals surface area contributed by atoms with Gasteiger partial charge in [-0.15, -0.1) is 0 Å². The Hall–Kier alpha value is -3.77. The molecule has 0 spiro atoms. The van der Waals surface area contributed by atoms with Crippen molar-refractivity contribution in [2.45, 2.75) is 6.54 Å². The summed E-state index contributed by atoms with van der Waals surface area (Å²) in [5, 5.41) is 6.24. The van der Waals surface area contributed by atoms with E-state index in [9.17, 15) is 4.79 Å². The summed E-state index contributed by atoms with van der Waals surface area (Å²) < 4.78 is 5.41. The standard InChI is InChI=1S/C26H28N4O2/c27-24-3-1-2-4-25(24)29-26(31)14-9-20-5-7-21(8-6-20)19-28-22-10-12-23(13-11-22)30-15-17-32-18-16-30/h1-14,28H,15-19,27H2,(H,29,31). The summed E-state index contributed by atoms with van der Waals surface area (Å²) in [6, 6.07) is 23.8. The Labute approximate surface area is 188 Å². The molecule has 0 aliphatic carbocycles. The number of rotatable bonds is 7. The Kier molecular flexibility index (Phi) is 7.05. The number of ether oxygens (including phenoxy) is 1. The fraction of sp³-hybridized carbons (Fsp3) is 0.192. The van der Waals surface area contributed by atoms with Crippen LogP contribution < -0.4 is 21.3 Å². The van der Waals surface area contributed by atoms with Gasteiger partial charge in [-0.25, -0.2) is 0 Å². The van der Waals surface area contributed by atoms with E-state index in [0.29, 0.717) is 11.4 Å². The van der Waals surface area contributed by atoms with E-state index in [1.165, 1.54) is 17.3 Å². The number of morpholine rings is 1. The lowest BCUT2D eigenvalue weighted by molar-refractivity contribution is -0.111. The predicted molar refractivity (Wildman–Crippen MR) is 132 cm³/mol.